The predicted molar refractivity (Wildman–Crippen MR) is 67.8 cm³/mol. The van der Waals surface area contributed by atoms with Crippen LogP contribution in [0.2, 0.25) is 0 Å². The maximum atomic E-state index is 11.4. The van der Waals surface area contributed by atoms with Gasteiger partial charge in [-0.2, -0.15) is 0 Å². The molecule has 1 rings (SSSR count). The number of rotatable bonds is 5. The van der Waals surface area contributed by atoms with Crippen LogP contribution in [0, 0.1) is 5.92 Å². The van der Waals surface area contributed by atoms with Gasteiger partial charge in [-0.3, -0.25) is 9.59 Å². The molecule has 0 bridgehead atoms. The fourth-order valence-corrected chi connectivity index (χ4v) is 1.74. The first-order chi connectivity index (χ1) is 7.97. The Morgan fingerprint density at radius 2 is 2.35 bits per heavy atom. The van der Waals surface area contributed by atoms with Crippen molar-refractivity contribution in [3.8, 4) is 0 Å². The summed E-state index contributed by atoms with van der Waals surface area (Å²) in [6.07, 6.45) is 0. The van der Waals surface area contributed by atoms with E-state index in [-0.39, 0.29) is 23.0 Å². The van der Waals surface area contributed by atoms with Gasteiger partial charge in [0.05, 0.1) is 5.75 Å². The van der Waals surface area contributed by atoms with Crippen molar-refractivity contribution in [3.63, 3.8) is 0 Å². The number of carbonyl (C=O) groups is 1. The van der Waals surface area contributed by atoms with E-state index in [0.29, 0.717) is 17.6 Å². The number of anilines is 1. The number of thioether (sulfide) groups is 1. The lowest BCUT2D eigenvalue weighted by Crippen LogP contribution is -2.28. The average Bonchev–Trinajstić information content (AvgIpc) is 2.22. The highest BCUT2D eigenvalue weighted by Crippen LogP contribution is 2.10. The second-order valence-electron chi connectivity index (χ2n) is 3.96. The highest BCUT2D eigenvalue weighted by Gasteiger charge is 2.05. The van der Waals surface area contributed by atoms with E-state index in [2.05, 4.69) is 15.3 Å². The van der Waals surface area contributed by atoms with Crippen LogP contribution >= 0.6 is 11.8 Å². The molecule has 4 N–H and O–H groups in total. The molecule has 0 radical (unpaired) electrons. The standard InChI is InChI=1S/C10H16N4O2S/c1-6(2)4-12-9(16)5-17-10-13-7(11)3-8(15)14-10/h3,6H,4-5H2,1-2H3,(H,12,16)(H3,11,13,14,15). The zero-order chi connectivity index (χ0) is 12.8. The van der Waals surface area contributed by atoms with Gasteiger partial charge in [0, 0.05) is 12.6 Å². The van der Waals surface area contributed by atoms with Crippen molar-refractivity contribution in [1.82, 2.24) is 15.3 Å². The molecule has 17 heavy (non-hydrogen) atoms. The molecule has 1 aromatic heterocycles. The number of nitrogens with zero attached hydrogens (tertiary/aromatic N) is 1. The Morgan fingerprint density at radius 1 is 1.65 bits per heavy atom. The van der Waals surface area contributed by atoms with Crippen molar-refractivity contribution in [3.05, 3.63) is 16.4 Å². The van der Waals surface area contributed by atoms with Gasteiger partial charge in [-0.1, -0.05) is 25.6 Å². The quantitative estimate of drug-likeness (QED) is 0.516. The van der Waals surface area contributed by atoms with Crippen molar-refractivity contribution in [1.29, 1.82) is 0 Å². The maximum Gasteiger partial charge on any atom is 0.253 e. The number of amides is 1. The van der Waals surface area contributed by atoms with Crippen LogP contribution in [0.3, 0.4) is 0 Å². The molecule has 0 unspecified atom stereocenters. The van der Waals surface area contributed by atoms with Gasteiger partial charge in [-0.25, -0.2) is 4.98 Å². The van der Waals surface area contributed by atoms with Crippen LogP contribution in [-0.2, 0) is 4.79 Å². The molecule has 0 saturated carbocycles. The van der Waals surface area contributed by atoms with Crippen LogP contribution in [0.5, 0.6) is 0 Å². The molecule has 0 spiro atoms. The normalized spacial score (nSPS) is 10.5. The zero-order valence-corrected chi connectivity index (χ0v) is 10.6. The van der Waals surface area contributed by atoms with Gasteiger partial charge >= 0.3 is 0 Å². The first kappa shape index (κ1) is 13.6. The van der Waals surface area contributed by atoms with Crippen molar-refractivity contribution in [2.75, 3.05) is 18.0 Å². The summed E-state index contributed by atoms with van der Waals surface area (Å²) in [6, 6.07) is 1.20. The van der Waals surface area contributed by atoms with Crippen molar-refractivity contribution in [2.24, 2.45) is 5.92 Å². The second kappa shape index (κ2) is 6.29. The third kappa shape index (κ3) is 5.39. The molecule has 1 amide bonds. The first-order valence-electron chi connectivity index (χ1n) is 5.23. The van der Waals surface area contributed by atoms with Crippen LogP contribution in [0.25, 0.3) is 0 Å². The highest BCUT2D eigenvalue weighted by atomic mass is 32.2. The molecule has 0 aliphatic rings. The minimum atomic E-state index is -0.317. The van der Waals surface area contributed by atoms with Gasteiger partial charge in [0.15, 0.2) is 5.16 Å². The van der Waals surface area contributed by atoms with E-state index in [1.165, 1.54) is 6.07 Å². The number of carbonyl (C=O) groups excluding carboxylic acids is 1. The third-order valence-electron chi connectivity index (χ3n) is 1.79. The monoisotopic (exact) mass is 256 g/mol. The van der Waals surface area contributed by atoms with Crippen molar-refractivity contribution >= 4 is 23.5 Å². The Bertz CT molecular complexity index is 444. The number of nitrogen functional groups attached to an aromatic ring is 1. The molecular weight excluding hydrogens is 240 g/mol. The molecule has 0 aromatic carbocycles. The Morgan fingerprint density at radius 3 is 2.94 bits per heavy atom. The molecule has 1 aromatic rings. The summed E-state index contributed by atoms with van der Waals surface area (Å²) in [5.74, 6) is 0.681. The van der Waals surface area contributed by atoms with Crippen molar-refractivity contribution in [2.45, 2.75) is 19.0 Å². The van der Waals surface area contributed by atoms with Crippen LogP contribution in [0.1, 0.15) is 13.8 Å². The average molecular weight is 256 g/mol. The van der Waals surface area contributed by atoms with Crippen molar-refractivity contribution < 1.29 is 4.79 Å². The molecule has 0 aliphatic carbocycles. The van der Waals surface area contributed by atoms with Gasteiger partial charge in [-0.15, -0.1) is 0 Å². The smallest absolute Gasteiger partial charge is 0.253 e. The number of nitrogens with two attached hydrogens (primary N) is 1. The van der Waals surface area contributed by atoms with E-state index in [4.69, 9.17) is 5.73 Å². The van der Waals surface area contributed by atoms with E-state index in [0.717, 1.165) is 11.8 Å². The number of hydrogen-bond acceptors (Lipinski definition) is 5. The summed E-state index contributed by atoms with van der Waals surface area (Å²) in [5, 5.41) is 3.13. The largest absolute Gasteiger partial charge is 0.383 e. The lowest BCUT2D eigenvalue weighted by atomic mass is 10.2. The molecule has 94 valence electrons. The van der Waals surface area contributed by atoms with E-state index < -0.39 is 0 Å². The maximum absolute atomic E-state index is 11.4. The summed E-state index contributed by atoms with van der Waals surface area (Å²) in [4.78, 5) is 28.9. The predicted octanol–water partition coefficient (Wildman–Crippen LogP) is 0.216. The Labute approximate surface area is 103 Å². The minimum Gasteiger partial charge on any atom is -0.383 e. The van der Waals surface area contributed by atoms with Crippen LogP contribution in [0.4, 0.5) is 5.82 Å². The SMILES string of the molecule is CC(C)CNC(=O)CSc1nc(N)cc(=O)[nH]1. The molecule has 0 saturated heterocycles. The summed E-state index contributed by atoms with van der Waals surface area (Å²) >= 11 is 1.15. The molecule has 1 heterocycles. The molecule has 0 aliphatic heterocycles. The molecule has 0 atom stereocenters. The van der Waals surface area contributed by atoms with Gasteiger partial charge in [0.25, 0.3) is 5.56 Å². The Balaban J connectivity index is 2.44. The summed E-state index contributed by atoms with van der Waals surface area (Å²) in [6.45, 7) is 4.68. The molecule has 7 heteroatoms. The fourth-order valence-electron chi connectivity index (χ4n) is 1.02. The zero-order valence-electron chi connectivity index (χ0n) is 9.82. The van der Waals surface area contributed by atoms with Crippen LogP contribution in [0.15, 0.2) is 16.0 Å². The Kier molecular flexibility index (Phi) is 5.02. The van der Waals surface area contributed by atoms with Crippen LogP contribution in [-0.4, -0.2) is 28.2 Å². The van der Waals surface area contributed by atoms with Gasteiger partial charge in [0.1, 0.15) is 5.82 Å². The third-order valence-corrected chi connectivity index (χ3v) is 2.66. The number of aromatic nitrogens is 2. The molecule has 6 nitrogen and oxygen atoms in total. The topological polar surface area (TPSA) is 101 Å². The summed E-state index contributed by atoms with van der Waals surface area (Å²) in [5.41, 5.74) is 5.10. The first-order valence-corrected chi connectivity index (χ1v) is 6.22. The fraction of sp³-hybridized carbons (Fsp3) is 0.500. The van der Waals surface area contributed by atoms with E-state index in [1.54, 1.807) is 0 Å². The Hall–Kier alpha value is -1.50. The second-order valence-corrected chi connectivity index (χ2v) is 4.93. The highest BCUT2D eigenvalue weighted by molar-refractivity contribution is 7.99. The number of hydrogen-bond donors (Lipinski definition) is 3. The van der Waals surface area contributed by atoms with Gasteiger partial charge in [0.2, 0.25) is 5.91 Å². The van der Waals surface area contributed by atoms with E-state index >= 15 is 0 Å². The van der Waals surface area contributed by atoms with Crippen LogP contribution < -0.4 is 16.6 Å². The number of aromatic amines is 1. The summed E-state index contributed by atoms with van der Waals surface area (Å²) < 4.78 is 0. The van der Waals surface area contributed by atoms with E-state index in [1.807, 2.05) is 13.8 Å². The molecular formula is C10H16N4O2S. The molecule has 0 fully saturated rings. The van der Waals surface area contributed by atoms with Gasteiger partial charge in [-0.05, 0) is 5.92 Å². The number of nitrogens with one attached hydrogen (secondary N) is 2. The van der Waals surface area contributed by atoms with E-state index in [9.17, 15) is 9.59 Å². The minimum absolute atomic E-state index is 0.0891. The lowest BCUT2D eigenvalue weighted by molar-refractivity contribution is -0.118. The lowest BCUT2D eigenvalue weighted by Gasteiger charge is -2.06. The number of H-pyrrole nitrogens is 1. The van der Waals surface area contributed by atoms with Gasteiger partial charge < -0.3 is 16.0 Å². The summed E-state index contributed by atoms with van der Waals surface area (Å²) in [7, 11) is 0.